The van der Waals surface area contributed by atoms with Crippen LogP contribution in [-0.4, -0.2) is 15.8 Å². The first-order valence-corrected chi connectivity index (χ1v) is 8.39. The lowest BCUT2D eigenvalue weighted by molar-refractivity contribution is -0.394. The monoisotopic (exact) mass is 375 g/mol. The van der Waals surface area contributed by atoms with Crippen molar-refractivity contribution < 1.29 is 14.6 Å². The molecule has 3 aromatic rings. The number of hydrogen-bond donors (Lipinski definition) is 1. The van der Waals surface area contributed by atoms with Crippen LogP contribution in [0.1, 0.15) is 21.5 Å². The molecule has 0 fully saturated rings. The molecule has 0 heterocycles. The van der Waals surface area contributed by atoms with E-state index in [-0.39, 0.29) is 5.56 Å². The number of nitro groups is 2. The number of amides is 1. The molecule has 0 bridgehead atoms. The van der Waals surface area contributed by atoms with Gasteiger partial charge in [-0.3, -0.25) is 25.0 Å². The Morgan fingerprint density at radius 2 is 1.46 bits per heavy atom. The highest BCUT2D eigenvalue weighted by Gasteiger charge is 2.21. The molecule has 0 saturated carbocycles. The number of hydrogen-bond acceptors (Lipinski definition) is 5. The molecule has 0 radical (unpaired) electrons. The minimum atomic E-state index is -0.767. The molecule has 1 aliphatic rings. The Kier molecular flexibility index (Phi) is 4.08. The van der Waals surface area contributed by atoms with Gasteiger partial charge in [0.05, 0.1) is 21.5 Å². The minimum Gasteiger partial charge on any atom is -0.322 e. The fraction of sp³-hybridized carbons (Fsp3) is 0.0500. The van der Waals surface area contributed by atoms with Gasteiger partial charge >= 0.3 is 0 Å². The Morgan fingerprint density at radius 3 is 2.14 bits per heavy atom. The van der Waals surface area contributed by atoms with Crippen molar-refractivity contribution in [3.8, 4) is 11.1 Å². The molecule has 1 amide bonds. The van der Waals surface area contributed by atoms with Crippen molar-refractivity contribution in [1.29, 1.82) is 0 Å². The van der Waals surface area contributed by atoms with E-state index in [0.29, 0.717) is 5.69 Å². The normalized spacial score (nSPS) is 11.4. The molecule has 138 valence electrons. The van der Waals surface area contributed by atoms with E-state index in [1.807, 2.05) is 30.3 Å². The van der Waals surface area contributed by atoms with E-state index in [4.69, 9.17) is 0 Å². The van der Waals surface area contributed by atoms with Gasteiger partial charge < -0.3 is 5.32 Å². The number of rotatable bonds is 4. The van der Waals surface area contributed by atoms with Crippen LogP contribution >= 0.6 is 0 Å². The number of nitrogens with one attached hydrogen (secondary N) is 1. The summed E-state index contributed by atoms with van der Waals surface area (Å²) >= 11 is 0. The van der Waals surface area contributed by atoms with Gasteiger partial charge in [0, 0.05) is 17.8 Å². The summed E-state index contributed by atoms with van der Waals surface area (Å²) in [5.41, 5.74) is 3.87. The largest absolute Gasteiger partial charge is 0.322 e. The molecule has 28 heavy (non-hydrogen) atoms. The lowest BCUT2D eigenvalue weighted by Gasteiger charge is -2.08. The summed E-state index contributed by atoms with van der Waals surface area (Å²) in [6.45, 7) is 0. The Morgan fingerprint density at radius 1 is 0.821 bits per heavy atom. The smallest absolute Gasteiger partial charge is 0.277 e. The predicted octanol–water partition coefficient (Wildman–Crippen LogP) is 4.33. The molecule has 0 unspecified atom stereocenters. The molecule has 1 N–H and O–H groups in total. The lowest BCUT2D eigenvalue weighted by atomic mass is 10.1. The second-order valence-electron chi connectivity index (χ2n) is 6.41. The van der Waals surface area contributed by atoms with E-state index in [0.717, 1.165) is 41.3 Å². The first-order chi connectivity index (χ1) is 13.4. The average Bonchev–Trinajstić information content (AvgIpc) is 3.05. The molecule has 8 nitrogen and oxygen atoms in total. The van der Waals surface area contributed by atoms with Crippen molar-refractivity contribution in [1.82, 2.24) is 0 Å². The number of nitrogens with zero attached hydrogens (tertiary/aromatic N) is 2. The maximum atomic E-state index is 12.5. The summed E-state index contributed by atoms with van der Waals surface area (Å²) in [7, 11) is 0. The maximum absolute atomic E-state index is 12.5. The highest BCUT2D eigenvalue weighted by atomic mass is 16.6. The fourth-order valence-corrected chi connectivity index (χ4v) is 3.36. The number of benzene rings is 3. The van der Waals surface area contributed by atoms with Crippen molar-refractivity contribution in [2.24, 2.45) is 0 Å². The molecule has 0 aromatic heterocycles. The third kappa shape index (κ3) is 3.07. The van der Waals surface area contributed by atoms with Gasteiger partial charge in [-0.15, -0.1) is 0 Å². The van der Waals surface area contributed by atoms with Gasteiger partial charge in [0.15, 0.2) is 0 Å². The molecule has 4 rings (SSSR count). The fourth-order valence-electron chi connectivity index (χ4n) is 3.36. The van der Waals surface area contributed by atoms with Gasteiger partial charge in [-0.25, -0.2) is 0 Å². The van der Waals surface area contributed by atoms with Gasteiger partial charge in [0.25, 0.3) is 17.3 Å². The van der Waals surface area contributed by atoms with E-state index in [2.05, 4.69) is 11.4 Å². The van der Waals surface area contributed by atoms with Crippen LogP contribution in [0, 0.1) is 20.2 Å². The van der Waals surface area contributed by atoms with E-state index in [1.54, 1.807) is 6.07 Å². The minimum absolute atomic E-state index is 0.148. The predicted molar refractivity (Wildman–Crippen MR) is 102 cm³/mol. The van der Waals surface area contributed by atoms with Crippen LogP contribution in [0.15, 0.2) is 60.7 Å². The summed E-state index contributed by atoms with van der Waals surface area (Å²) in [6.07, 6.45) is 0.748. The van der Waals surface area contributed by atoms with Crippen LogP contribution in [0.3, 0.4) is 0 Å². The summed E-state index contributed by atoms with van der Waals surface area (Å²) < 4.78 is 0. The average molecular weight is 375 g/mol. The third-order valence-corrected chi connectivity index (χ3v) is 4.64. The summed E-state index contributed by atoms with van der Waals surface area (Å²) in [6, 6.07) is 16.4. The van der Waals surface area contributed by atoms with Gasteiger partial charge in [-0.1, -0.05) is 30.3 Å². The first-order valence-electron chi connectivity index (χ1n) is 8.39. The molecule has 0 atom stereocenters. The third-order valence-electron chi connectivity index (χ3n) is 4.64. The van der Waals surface area contributed by atoms with Gasteiger partial charge in [-0.05, 0) is 40.8 Å². The highest BCUT2D eigenvalue weighted by molar-refractivity contribution is 6.05. The van der Waals surface area contributed by atoms with Crippen LogP contribution < -0.4 is 5.32 Å². The summed E-state index contributed by atoms with van der Waals surface area (Å²) in [4.78, 5) is 33.0. The van der Waals surface area contributed by atoms with Crippen molar-refractivity contribution in [3.63, 3.8) is 0 Å². The molecular weight excluding hydrogens is 362 g/mol. The summed E-state index contributed by atoms with van der Waals surface area (Å²) in [5, 5.41) is 24.7. The maximum Gasteiger partial charge on any atom is 0.277 e. The van der Waals surface area contributed by atoms with Gasteiger partial charge in [-0.2, -0.15) is 0 Å². The Labute approximate surface area is 158 Å². The van der Waals surface area contributed by atoms with E-state index >= 15 is 0 Å². The number of nitro benzene ring substituents is 2. The second-order valence-corrected chi connectivity index (χ2v) is 6.41. The number of anilines is 1. The molecule has 1 aliphatic carbocycles. The number of non-ortho nitro benzene ring substituents is 2. The van der Waals surface area contributed by atoms with Crippen molar-refractivity contribution in [3.05, 3.63) is 97.6 Å². The Balaban J connectivity index is 1.62. The molecule has 0 spiro atoms. The molecular formula is C20H13N3O5. The zero-order valence-electron chi connectivity index (χ0n) is 14.4. The van der Waals surface area contributed by atoms with Crippen LogP contribution in [-0.2, 0) is 6.42 Å². The van der Waals surface area contributed by atoms with Crippen molar-refractivity contribution in [2.75, 3.05) is 5.32 Å². The zero-order valence-corrected chi connectivity index (χ0v) is 14.4. The molecule has 8 heteroatoms. The van der Waals surface area contributed by atoms with E-state index < -0.39 is 27.1 Å². The van der Waals surface area contributed by atoms with E-state index in [9.17, 15) is 25.0 Å². The van der Waals surface area contributed by atoms with Crippen LogP contribution in [0.5, 0.6) is 0 Å². The van der Waals surface area contributed by atoms with Crippen LogP contribution in [0.2, 0.25) is 0 Å². The first kappa shape index (κ1) is 17.3. The lowest BCUT2D eigenvalue weighted by Crippen LogP contribution is -2.13. The van der Waals surface area contributed by atoms with Crippen LogP contribution in [0.4, 0.5) is 17.1 Å². The number of carbonyl (C=O) groups excluding carboxylic acids is 1. The molecule has 0 saturated heterocycles. The molecule has 3 aromatic carbocycles. The van der Waals surface area contributed by atoms with Crippen molar-refractivity contribution in [2.45, 2.75) is 6.42 Å². The Bertz CT molecular complexity index is 1120. The zero-order chi connectivity index (χ0) is 19.8. The Hall–Kier alpha value is -4.07. The SMILES string of the molecule is O=C(Nc1ccc2c(c1)Cc1ccccc1-2)c1cc([N+](=O)[O-])cc([N+](=O)[O-])c1. The summed E-state index contributed by atoms with van der Waals surface area (Å²) in [5.74, 6) is -0.651. The second kappa shape index (κ2) is 6.58. The number of fused-ring (bicyclic) bond motifs is 3. The van der Waals surface area contributed by atoms with Gasteiger partial charge in [0.1, 0.15) is 0 Å². The highest BCUT2D eigenvalue weighted by Crippen LogP contribution is 2.37. The quantitative estimate of drug-likeness (QED) is 0.421. The standard InChI is InChI=1S/C20H13N3O5/c24-20(14-9-16(22(25)26)11-17(10-14)23(27)28)21-15-5-6-19-13(8-15)7-12-3-1-2-4-18(12)19/h1-6,8-11H,7H2,(H,21,24). The van der Waals surface area contributed by atoms with Crippen molar-refractivity contribution >= 4 is 23.0 Å². The van der Waals surface area contributed by atoms with Gasteiger partial charge in [0.2, 0.25) is 0 Å². The topological polar surface area (TPSA) is 115 Å². The number of carbonyl (C=O) groups is 1. The van der Waals surface area contributed by atoms with E-state index in [1.165, 1.54) is 5.56 Å². The molecule has 0 aliphatic heterocycles. The van der Waals surface area contributed by atoms with Crippen LogP contribution in [0.25, 0.3) is 11.1 Å².